The van der Waals surface area contributed by atoms with Gasteiger partial charge in [0.15, 0.2) is 0 Å². The van der Waals surface area contributed by atoms with E-state index < -0.39 is 0 Å². The highest BCUT2D eigenvalue weighted by atomic mass is 32.1. The summed E-state index contributed by atoms with van der Waals surface area (Å²) in [5.41, 5.74) is 1.03. The predicted octanol–water partition coefficient (Wildman–Crippen LogP) is 3.09. The maximum Gasteiger partial charge on any atom is 0.220 e. The average molecular weight is 376 g/mol. The Morgan fingerprint density at radius 2 is 2.08 bits per heavy atom. The Kier molecular flexibility index (Phi) is 7.00. The summed E-state index contributed by atoms with van der Waals surface area (Å²) in [6, 6.07) is 8.52. The van der Waals surface area contributed by atoms with E-state index in [0.29, 0.717) is 24.8 Å². The first kappa shape index (κ1) is 19.3. The van der Waals surface area contributed by atoms with Gasteiger partial charge in [0.2, 0.25) is 5.91 Å². The van der Waals surface area contributed by atoms with Crippen LogP contribution in [0.2, 0.25) is 0 Å². The van der Waals surface area contributed by atoms with Crippen molar-refractivity contribution < 1.29 is 9.53 Å². The number of nitrogens with one attached hydrogen (secondary N) is 1. The van der Waals surface area contributed by atoms with E-state index in [1.54, 1.807) is 11.3 Å². The SMILES string of the molecule is CC(C)CC(CNC(=O)CCc1nc2ccccc2s1)N1CCOCC1. The molecule has 1 aliphatic heterocycles. The minimum absolute atomic E-state index is 0.117. The molecule has 5 nitrogen and oxygen atoms in total. The van der Waals surface area contributed by atoms with Gasteiger partial charge in [-0.1, -0.05) is 26.0 Å². The zero-order chi connectivity index (χ0) is 18.4. The first-order valence-electron chi connectivity index (χ1n) is 9.55. The third-order valence-electron chi connectivity index (χ3n) is 4.74. The molecule has 1 N–H and O–H groups in total. The van der Waals surface area contributed by atoms with Crippen molar-refractivity contribution in [3.8, 4) is 0 Å². The number of para-hydroxylation sites is 1. The maximum atomic E-state index is 12.3. The fraction of sp³-hybridized carbons (Fsp3) is 0.600. The van der Waals surface area contributed by atoms with Gasteiger partial charge in [-0.2, -0.15) is 0 Å². The van der Waals surface area contributed by atoms with E-state index >= 15 is 0 Å². The van der Waals surface area contributed by atoms with Gasteiger partial charge in [-0.25, -0.2) is 4.98 Å². The molecule has 1 amide bonds. The van der Waals surface area contributed by atoms with Gasteiger partial charge in [-0.15, -0.1) is 11.3 Å². The number of carbonyl (C=O) groups excluding carboxylic acids is 1. The van der Waals surface area contributed by atoms with Crippen LogP contribution in [0.15, 0.2) is 24.3 Å². The average Bonchev–Trinajstić information content (AvgIpc) is 3.07. The topological polar surface area (TPSA) is 54.5 Å². The van der Waals surface area contributed by atoms with Crippen molar-refractivity contribution in [2.24, 2.45) is 5.92 Å². The van der Waals surface area contributed by atoms with Crippen molar-refractivity contribution in [1.82, 2.24) is 15.2 Å². The van der Waals surface area contributed by atoms with Crippen molar-refractivity contribution in [3.63, 3.8) is 0 Å². The van der Waals surface area contributed by atoms with E-state index in [-0.39, 0.29) is 5.91 Å². The summed E-state index contributed by atoms with van der Waals surface area (Å²) in [5.74, 6) is 0.730. The van der Waals surface area contributed by atoms with Crippen LogP contribution in [0.25, 0.3) is 10.2 Å². The first-order valence-corrected chi connectivity index (χ1v) is 10.4. The highest BCUT2D eigenvalue weighted by molar-refractivity contribution is 7.18. The number of aryl methyl sites for hydroxylation is 1. The number of ether oxygens (including phenoxy) is 1. The summed E-state index contributed by atoms with van der Waals surface area (Å²) in [6.45, 7) is 8.69. The summed E-state index contributed by atoms with van der Waals surface area (Å²) >= 11 is 1.68. The summed E-state index contributed by atoms with van der Waals surface area (Å²) in [5, 5.41) is 4.18. The minimum atomic E-state index is 0.117. The molecule has 26 heavy (non-hydrogen) atoms. The zero-order valence-electron chi connectivity index (χ0n) is 15.7. The number of fused-ring (bicyclic) bond motifs is 1. The standard InChI is InChI=1S/C20H29N3O2S/c1-15(2)13-16(23-9-11-25-12-10-23)14-21-19(24)7-8-20-22-17-5-3-4-6-18(17)26-20/h3-6,15-16H,7-14H2,1-2H3,(H,21,24). The Morgan fingerprint density at radius 1 is 1.31 bits per heavy atom. The number of nitrogens with zero attached hydrogens (tertiary/aromatic N) is 2. The molecule has 0 aliphatic carbocycles. The number of rotatable bonds is 8. The van der Waals surface area contributed by atoms with Crippen LogP contribution in [0.1, 0.15) is 31.7 Å². The Morgan fingerprint density at radius 3 is 2.81 bits per heavy atom. The van der Waals surface area contributed by atoms with E-state index in [1.807, 2.05) is 18.2 Å². The lowest BCUT2D eigenvalue weighted by Gasteiger charge is -2.35. The number of hydrogen-bond donors (Lipinski definition) is 1. The zero-order valence-corrected chi connectivity index (χ0v) is 16.6. The summed E-state index contributed by atoms with van der Waals surface area (Å²) in [4.78, 5) is 19.4. The minimum Gasteiger partial charge on any atom is -0.379 e. The lowest BCUT2D eigenvalue weighted by molar-refractivity contribution is -0.121. The highest BCUT2D eigenvalue weighted by Crippen LogP contribution is 2.22. The van der Waals surface area contributed by atoms with Crippen LogP contribution >= 0.6 is 11.3 Å². The number of hydrogen-bond acceptors (Lipinski definition) is 5. The molecule has 1 aromatic heterocycles. The molecule has 0 bridgehead atoms. The van der Waals surface area contributed by atoms with Crippen molar-refractivity contribution >= 4 is 27.5 Å². The van der Waals surface area contributed by atoms with Crippen LogP contribution in [0.4, 0.5) is 0 Å². The Bertz CT molecular complexity index is 677. The fourth-order valence-electron chi connectivity index (χ4n) is 3.42. The number of aromatic nitrogens is 1. The number of thiazole rings is 1. The van der Waals surface area contributed by atoms with Crippen molar-refractivity contribution in [1.29, 1.82) is 0 Å². The molecule has 0 radical (unpaired) electrons. The molecule has 1 fully saturated rings. The van der Waals surface area contributed by atoms with Crippen LogP contribution in [0.3, 0.4) is 0 Å². The van der Waals surface area contributed by atoms with Crippen LogP contribution < -0.4 is 5.32 Å². The van der Waals surface area contributed by atoms with Gasteiger partial charge < -0.3 is 10.1 Å². The van der Waals surface area contributed by atoms with Gasteiger partial charge >= 0.3 is 0 Å². The molecule has 6 heteroatoms. The number of morpholine rings is 1. The second kappa shape index (κ2) is 9.44. The molecule has 1 unspecified atom stereocenters. The van der Waals surface area contributed by atoms with Crippen molar-refractivity contribution in [2.45, 2.75) is 39.2 Å². The summed E-state index contributed by atoms with van der Waals surface area (Å²) < 4.78 is 6.65. The number of carbonyl (C=O) groups is 1. The molecule has 1 aromatic carbocycles. The van der Waals surface area contributed by atoms with Gasteiger partial charge in [0.05, 0.1) is 28.4 Å². The molecular weight excluding hydrogens is 346 g/mol. The van der Waals surface area contributed by atoms with Gasteiger partial charge in [0.25, 0.3) is 0 Å². The largest absolute Gasteiger partial charge is 0.379 e. The molecule has 1 atom stereocenters. The maximum absolute atomic E-state index is 12.3. The molecule has 1 aliphatic rings. The van der Waals surface area contributed by atoms with Crippen LogP contribution in [0.5, 0.6) is 0 Å². The lowest BCUT2D eigenvalue weighted by atomic mass is 10.0. The van der Waals surface area contributed by atoms with Crippen molar-refractivity contribution in [3.05, 3.63) is 29.3 Å². The molecule has 2 heterocycles. The fourth-order valence-corrected chi connectivity index (χ4v) is 4.38. The molecule has 3 rings (SSSR count). The normalized spacial score (nSPS) is 16.9. The molecule has 2 aromatic rings. The van der Waals surface area contributed by atoms with Crippen LogP contribution in [-0.4, -0.2) is 54.7 Å². The number of benzene rings is 1. The molecule has 142 valence electrons. The van der Waals surface area contributed by atoms with Crippen LogP contribution in [0, 0.1) is 5.92 Å². The van der Waals surface area contributed by atoms with Crippen LogP contribution in [-0.2, 0) is 16.0 Å². The van der Waals surface area contributed by atoms with E-state index in [0.717, 1.165) is 49.8 Å². The lowest BCUT2D eigenvalue weighted by Crippen LogP contribution is -2.49. The Hall–Kier alpha value is -1.50. The molecule has 0 spiro atoms. The van der Waals surface area contributed by atoms with E-state index in [2.05, 4.69) is 35.1 Å². The Balaban J connectivity index is 1.47. The van der Waals surface area contributed by atoms with Gasteiger partial charge in [0.1, 0.15) is 0 Å². The monoisotopic (exact) mass is 375 g/mol. The van der Waals surface area contributed by atoms with E-state index in [4.69, 9.17) is 4.74 Å². The summed E-state index contributed by atoms with van der Waals surface area (Å²) in [7, 11) is 0. The second-order valence-electron chi connectivity index (χ2n) is 7.31. The smallest absolute Gasteiger partial charge is 0.220 e. The number of amides is 1. The molecule has 1 saturated heterocycles. The molecule has 0 saturated carbocycles. The van der Waals surface area contributed by atoms with Crippen molar-refractivity contribution in [2.75, 3.05) is 32.8 Å². The molecular formula is C20H29N3O2S. The quantitative estimate of drug-likeness (QED) is 0.770. The second-order valence-corrected chi connectivity index (χ2v) is 8.43. The predicted molar refractivity (Wildman–Crippen MR) is 107 cm³/mol. The van der Waals surface area contributed by atoms with Gasteiger partial charge in [0, 0.05) is 38.5 Å². The third kappa shape index (κ3) is 5.50. The first-order chi connectivity index (χ1) is 12.6. The van der Waals surface area contributed by atoms with E-state index in [9.17, 15) is 4.79 Å². The van der Waals surface area contributed by atoms with Gasteiger partial charge in [-0.05, 0) is 24.5 Å². The highest BCUT2D eigenvalue weighted by Gasteiger charge is 2.22. The summed E-state index contributed by atoms with van der Waals surface area (Å²) in [6.07, 6.45) is 2.30. The Labute approximate surface area is 159 Å². The third-order valence-corrected chi connectivity index (χ3v) is 5.84. The van der Waals surface area contributed by atoms with Gasteiger partial charge in [-0.3, -0.25) is 9.69 Å². The van der Waals surface area contributed by atoms with E-state index in [1.165, 1.54) is 4.70 Å².